The quantitative estimate of drug-likeness (QED) is 0.625. The Hall–Kier alpha value is -0.880. The fourth-order valence-corrected chi connectivity index (χ4v) is 9.76. The third kappa shape index (κ3) is 3.19. The van der Waals surface area contributed by atoms with Crippen LogP contribution < -0.4 is 0 Å². The highest BCUT2D eigenvalue weighted by molar-refractivity contribution is 5.28. The predicted molar refractivity (Wildman–Crippen MR) is 131 cm³/mol. The van der Waals surface area contributed by atoms with Crippen LogP contribution in [0.25, 0.3) is 0 Å². The molecule has 1 aliphatic heterocycles. The molecule has 6 rings (SSSR count). The number of hydrogen-bond donors (Lipinski definition) is 2. The van der Waals surface area contributed by atoms with Crippen molar-refractivity contribution in [3.05, 3.63) is 24.2 Å². The first-order valence-electron chi connectivity index (χ1n) is 14.1. The second-order valence-electron chi connectivity index (χ2n) is 12.9. The second-order valence-corrected chi connectivity index (χ2v) is 12.9. The van der Waals surface area contributed by atoms with Gasteiger partial charge in [0.15, 0.2) is 0 Å². The number of aliphatic hydroxyl groups is 2. The van der Waals surface area contributed by atoms with Gasteiger partial charge in [-0.2, -0.15) is 0 Å². The normalized spacial score (nSPS) is 48.9. The molecular weight excluding hydrogens is 426 g/mol. The zero-order valence-corrected chi connectivity index (χ0v) is 21.3. The highest BCUT2D eigenvalue weighted by Gasteiger charge is 2.73. The first-order chi connectivity index (χ1) is 16.3. The maximum Gasteiger partial charge on any atom is 0.136 e. The Morgan fingerprint density at radius 2 is 1.85 bits per heavy atom. The standard InChI is InChI=1S/C29H45NO4/c1-26-11-9-22(31)20-21(26)7-8-24-23(26)10-12-27(2)28(24,32)13-14-29(27,25-6-5-18-33-25)34-19-17-30-15-3-4-16-30/h5-6,18,21-24,31-32H,3-4,7-17,19-20H2,1-2H3/t21?,22?,23-,24-,26+,27+,28-,29?/m1/s1. The van der Waals surface area contributed by atoms with Crippen molar-refractivity contribution in [3.63, 3.8) is 0 Å². The van der Waals surface area contributed by atoms with Gasteiger partial charge in [-0.05, 0) is 119 Å². The number of ether oxygens (including phenoxy) is 1. The minimum atomic E-state index is -0.736. The van der Waals surface area contributed by atoms with Crippen molar-refractivity contribution < 1.29 is 19.4 Å². The summed E-state index contributed by atoms with van der Waals surface area (Å²) in [5, 5.41) is 23.0. The molecule has 2 heterocycles. The van der Waals surface area contributed by atoms with Gasteiger partial charge in [-0.3, -0.25) is 0 Å². The molecule has 5 nitrogen and oxygen atoms in total. The van der Waals surface area contributed by atoms with E-state index < -0.39 is 11.2 Å². The van der Waals surface area contributed by atoms with Crippen LogP contribution in [-0.4, -0.2) is 53.1 Å². The van der Waals surface area contributed by atoms with Crippen molar-refractivity contribution in [2.75, 3.05) is 26.2 Å². The van der Waals surface area contributed by atoms with Gasteiger partial charge in [-0.15, -0.1) is 0 Å². The van der Waals surface area contributed by atoms with Crippen LogP contribution in [0.15, 0.2) is 22.8 Å². The molecule has 5 heteroatoms. The molecule has 1 saturated heterocycles. The van der Waals surface area contributed by atoms with Gasteiger partial charge in [-0.1, -0.05) is 13.8 Å². The summed E-state index contributed by atoms with van der Waals surface area (Å²) in [5.41, 5.74) is -1.41. The zero-order chi connectivity index (χ0) is 23.6. The lowest BCUT2D eigenvalue weighted by Crippen LogP contribution is -2.65. The highest BCUT2D eigenvalue weighted by atomic mass is 16.5. The van der Waals surface area contributed by atoms with Crippen LogP contribution in [0.4, 0.5) is 0 Å². The van der Waals surface area contributed by atoms with E-state index in [-0.39, 0.29) is 16.9 Å². The van der Waals surface area contributed by atoms with Crippen molar-refractivity contribution in [1.82, 2.24) is 4.90 Å². The molecule has 1 aromatic rings. The van der Waals surface area contributed by atoms with E-state index in [0.29, 0.717) is 24.4 Å². The smallest absolute Gasteiger partial charge is 0.136 e. The summed E-state index contributed by atoms with van der Waals surface area (Å²) in [6.07, 6.45) is 13.1. The third-order valence-corrected chi connectivity index (χ3v) is 11.8. The summed E-state index contributed by atoms with van der Waals surface area (Å²) in [7, 11) is 0. The number of aliphatic hydroxyl groups excluding tert-OH is 1. The van der Waals surface area contributed by atoms with Crippen molar-refractivity contribution in [2.24, 2.45) is 28.6 Å². The molecule has 0 spiro atoms. The molecule has 190 valence electrons. The molecule has 5 fully saturated rings. The summed E-state index contributed by atoms with van der Waals surface area (Å²) in [5.74, 6) is 2.35. The van der Waals surface area contributed by atoms with Crippen LogP contribution in [-0.2, 0) is 10.3 Å². The van der Waals surface area contributed by atoms with E-state index in [1.54, 1.807) is 6.26 Å². The van der Waals surface area contributed by atoms with Gasteiger partial charge >= 0.3 is 0 Å². The number of likely N-dealkylation sites (tertiary alicyclic amines) is 1. The van der Waals surface area contributed by atoms with Crippen LogP contribution in [0.2, 0.25) is 0 Å². The molecule has 1 aromatic heterocycles. The maximum atomic E-state index is 12.7. The average molecular weight is 472 g/mol. The zero-order valence-electron chi connectivity index (χ0n) is 21.3. The Morgan fingerprint density at radius 3 is 2.62 bits per heavy atom. The van der Waals surface area contributed by atoms with Gasteiger partial charge in [0.2, 0.25) is 0 Å². The average Bonchev–Trinajstić information content (AvgIpc) is 3.57. The summed E-state index contributed by atoms with van der Waals surface area (Å²) in [6, 6.07) is 4.06. The molecule has 0 bridgehead atoms. The van der Waals surface area contributed by atoms with Crippen LogP contribution in [0.3, 0.4) is 0 Å². The van der Waals surface area contributed by atoms with E-state index >= 15 is 0 Å². The van der Waals surface area contributed by atoms with E-state index in [1.165, 1.54) is 25.9 Å². The molecule has 0 radical (unpaired) electrons. The Balaban J connectivity index is 1.31. The molecule has 4 aliphatic carbocycles. The van der Waals surface area contributed by atoms with Gasteiger partial charge in [-0.25, -0.2) is 0 Å². The SMILES string of the molecule is C[C@]12CCC(O)CC1CC[C@@H]1[C@H]2CC[C@]2(C)C(OCCN3CCCC3)(c3ccco3)CC[C@@]12O. The van der Waals surface area contributed by atoms with E-state index in [0.717, 1.165) is 70.1 Å². The summed E-state index contributed by atoms with van der Waals surface area (Å²) < 4.78 is 13.0. The van der Waals surface area contributed by atoms with Crippen molar-refractivity contribution in [2.45, 2.75) is 102 Å². The minimum absolute atomic E-state index is 0.131. The van der Waals surface area contributed by atoms with E-state index in [2.05, 4.69) is 24.8 Å². The van der Waals surface area contributed by atoms with Gasteiger partial charge in [0.25, 0.3) is 0 Å². The molecule has 8 atom stereocenters. The Kier molecular flexibility index (Phi) is 5.76. The Morgan fingerprint density at radius 1 is 1.03 bits per heavy atom. The number of hydrogen-bond acceptors (Lipinski definition) is 5. The van der Waals surface area contributed by atoms with Crippen LogP contribution >= 0.6 is 0 Å². The Labute approximate surface area is 205 Å². The lowest BCUT2D eigenvalue weighted by atomic mass is 9.43. The van der Waals surface area contributed by atoms with E-state index in [4.69, 9.17) is 9.15 Å². The van der Waals surface area contributed by atoms with Crippen LogP contribution in [0.1, 0.15) is 90.2 Å². The molecule has 0 amide bonds. The van der Waals surface area contributed by atoms with Crippen LogP contribution in [0, 0.1) is 28.6 Å². The third-order valence-electron chi connectivity index (χ3n) is 11.8. The largest absolute Gasteiger partial charge is 0.466 e. The number of rotatable bonds is 5. The molecule has 2 N–H and O–H groups in total. The van der Waals surface area contributed by atoms with Gasteiger partial charge in [0.1, 0.15) is 11.4 Å². The minimum Gasteiger partial charge on any atom is -0.466 e. The van der Waals surface area contributed by atoms with Crippen molar-refractivity contribution in [1.29, 1.82) is 0 Å². The molecular formula is C29H45NO4. The first-order valence-corrected chi connectivity index (χ1v) is 14.1. The second kappa shape index (κ2) is 8.33. The number of nitrogens with zero attached hydrogens (tertiary/aromatic N) is 1. The lowest BCUT2D eigenvalue weighted by Gasteiger charge is -2.64. The molecule has 0 aromatic carbocycles. The van der Waals surface area contributed by atoms with Gasteiger partial charge in [0.05, 0.1) is 24.6 Å². The maximum absolute atomic E-state index is 12.7. The predicted octanol–water partition coefficient (Wildman–Crippen LogP) is 5.11. The first kappa shape index (κ1) is 23.5. The van der Waals surface area contributed by atoms with Crippen molar-refractivity contribution in [3.8, 4) is 0 Å². The molecule has 5 aliphatic rings. The van der Waals surface area contributed by atoms with E-state index in [1.807, 2.05) is 6.07 Å². The lowest BCUT2D eigenvalue weighted by molar-refractivity contribution is -0.252. The van der Waals surface area contributed by atoms with Gasteiger partial charge < -0.3 is 24.3 Å². The molecule has 4 saturated carbocycles. The fraction of sp³-hybridized carbons (Fsp3) is 0.862. The Bertz CT molecular complexity index is 867. The van der Waals surface area contributed by atoms with Crippen molar-refractivity contribution >= 4 is 0 Å². The van der Waals surface area contributed by atoms with Crippen LogP contribution in [0.5, 0.6) is 0 Å². The molecule has 3 unspecified atom stereocenters. The monoisotopic (exact) mass is 471 g/mol. The summed E-state index contributed by atoms with van der Waals surface area (Å²) >= 11 is 0. The fourth-order valence-electron chi connectivity index (χ4n) is 9.76. The highest BCUT2D eigenvalue weighted by Crippen LogP contribution is 2.72. The van der Waals surface area contributed by atoms with E-state index in [9.17, 15) is 10.2 Å². The summed E-state index contributed by atoms with van der Waals surface area (Å²) in [6.45, 7) is 8.80. The van der Waals surface area contributed by atoms with Gasteiger partial charge in [0, 0.05) is 12.0 Å². The number of fused-ring (bicyclic) bond motifs is 5. The summed E-state index contributed by atoms with van der Waals surface area (Å²) in [4.78, 5) is 2.51. The molecule has 34 heavy (non-hydrogen) atoms. The number of furan rings is 1. The topological polar surface area (TPSA) is 66.1 Å².